The highest BCUT2D eigenvalue weighted by Crippen LogP contribution is 2.28. The van der Waals surface area contributed by atoms with Crippen molar-refractivity contribution in [2.24, 2.45) is 0 Å². The number of rotatable bonds is 9. The van der Waals surface area contributed by atoms with Crippen molar-refractivity contribution in [2.75, 3.05) is 30.9 Å². The molecule has 8 nitrogen and oxygen atoms in total. The lowest BCUT2D eigenvalue weighted by Crippen LogP contribution is -2.40. The Hall–Kier alpha value is -3.79. The number of hydrogen-bond donors (Lipinski definition) is 3. The fraction of sp³-hybridized carbons (Fsp3) is 0.261. The van der Waals surface area contributed by atoms with Crippen LogP contribution in [0.25, 0.3) is 11.1 Å². The Balaban J connectivity index is 1.56. The molecule has 0 spiro atoms. The van der Waals surface area contributed by atoms with Crippen LogP contribution in [0.3, 0.4) is 0 Å². The molecule has 1 aromatic heterocycles. The second-order valence-electron chi connectivity index (χ2n) is 7.35. The van der Waals surface area contributed by atoms with E-state index in [4.69, 9.17) is 4.74 Å². The average Bonchev–Trinajstić information content (AvgIpc) is 2.80. The summed E-state index contributed by atoms with van der Waals surface area (Å²) in [5.41, 5.74) is 3.04. The van der Waals surface area contributed by atoms with Gasteiger partial charge in [0.25, 0.3) is 5.91 Å². The quantitative estimate of drug-likeness (QED) is 0.454. The first-order valence-electron chi connectivity index (χ1n) is 10.3. The molecule has 1 aliphatic rings. The van der Waals surface area contributed by atoms with Crippen molar-refractivity contribution < 1.29 is 23.0 Å². The summed E-state index contributed by atoms with van der Waals surface area (Å²) in [5.74, 6) is 0.314. The van der Waals surface area contributed by atoms with E-state index in [0.717, 1.165) is 11.1 Å². The predicted octanol–water partition coefficient (Wildman–Crippen LogP) is 3.53. The molecule has 3 N–H and O–H groups in total. The van der Waals surface area contributed by atoms with Gasteiger partial charge in [-0.2, -0.15) is 8.78 Å². The molecule has 1 fully saturated rings. The first-order chi connectivity index (χ1) is 16.0. The number of benzene rings is 2. The van der Waals surface area contributed by atoms with Crippen molar-refractivity contribution in [2.45, 2.75) is 19.2 Å². The fourth-order valence-electron chi connectivity index (χ4n) is 3.31. The molecular weight excluding hydrogens is 432 g/mol. The maximum Gasteiger partial charge on any atom is 0.387 e. The lowest BCUT2D eigenvalue weighted by molar-refractivity contribution is -0.0504. The number of anilines is 2. The molecule has 2 heterocycles. The molecule has 0 bridgehead atoms. The van der Waals surface area contributed by atoms with Crippen molar-refractivity contribution >= 4 is 17.5 Å². The fourth-order valence-corrected chi connectivity index (χ4v) is 3.31. The zero-order valence-electron chi connectivity index (χ0n) is 17.8. The van der Waals surface area contributed by atoms with Crippen LogP contribution in [0.4, 0.5) is 20.4 Å². The molecule has 0 saturated carbocycles. The van der Waals surface area contributed by atoms with E-state index in [1.54, 1.807) is 55.8 Å². The number of halogens is 2. The van der Waals surface area contributed by atoms with Crippen molar-refractivity contribution in [1.82, 2.24) is 15.3 Å². The van der Waals surface area contributed by atoms with Crippen molar-refractivity contribution in [3.05, 3.63) is 66.0 Å². The molecule has 2 aromatic carbocycles. The zero-order chi connectivity index (χ0) is 23.2. The van der Waals surface area contributed by atoms with Gasteiger partial charge >= 0.3 is 6.61 Å². The largest absolute Gasteiger partial charge is 0.434 e. The first-order valence-corrected chi connectivity index (χ1v) is 10.3. The molecule has 4 rings (SSSR count). The molecule has 0 unspecified atom stereocenters. The van der Waals surface area contributed by atoms with Gasteiger partial charge in [0.05, 0.1) is 24.8 Å². The van der Waals surface area contributed by atoms with Gasteiger partial charge in [0.1, 0.15) is 5.75 Å². The molecular formula is C23H23F2N5O3. The van der Waals surface area contributed by atoms with Gasteiger partial charge in [-0.1, -0.05) is 24.3 Å². The highest BCUT2D eigenvalue weighted by atomic mass is 19.3. The number of nitrogens with one attached hydrogen (secondary N) is 3. The highest BCUT2D eigenvalue weighted by molar-refractivity contribution is 6.00. The van der Waals surface area contributed by atoms with Gasteiger partial charge in [0.2, 0.25) is 5.95 Å². The number of para-hydroxylation sites is 1. The monoisotopic (exact) mass is 455 g/mol. The SMILES string of the molecule is CNC(=O)c1ccc(-c2cnc(NC3COC3)nc2)cc1NCc1ccccc1OC(F)F. The van der Waals surface area contributed by atoms with E-state index in [0.29, 0.717) is 36.0 Å². The standard InChI is InChI=1S/C23H23F2N5O3/c1-26-21(31)18-7-6-14(16-10-28-23(29-11-16)30-17-12-32-13-17)8-19(18)27-9-15-4-2-3-5-20(15)33-22(24)25/h2-8,10-11,17,22,27H,9,12-13H2,1H3,(H,26,31)(H,28,29,30). The summed E-state index contributed by atoms with van der Waals surface area (Å²) in [5, 5.41) is 8.96. The van der Waals surface area contributed by atoms with Crippen LogP contribution in [-0.4, -0.2) is 48.8 Å². The number of hydrogen-bond acceptors (Lipinski definition) is 7. The first kappa shape index (κ1) is 22.4. The van der Waals surface area contributed by atoms with Gasteiger partial charge in [0.15, 0.2) is 0 Å². The predicted molar refractivity (Wildman–Crippen MR) is 119 cm³/mol. The topological polar surface area (TPSA) is 97.4 Å². The van der Waals surface area contributed by atoms with E-state index in [1.165, 1.54) is 6.07 Å². The molecule has 1 amide bonds. The van der Waals surface area contributed by atoms with Crippen LogP contribution in [0, 0.1) is 0 Å². The molecule has 0 atom stereocenters. The van der Waals surface area contributed by atoms with Gasteiger partial charge in [-0.3, -0.25) is 4.79 Å². The molecule has 1 saturated heterocycles. The normalized spacial score (nSPS) is 13.3. The second-order valence-corrected chi connectivity index (χ2v) is 7.35. The molecule has 172 valence electrons. The summed E-state index contributed by atoms with van der Waals surface area (Å²) >= 11 is 0. The van der Waals surface area contributed by atoms with Crippen LogP contribution in [0.1, 0.15) is 15.9 Å². The van der Waals surface area contributed by atoms with E-state index in [1.807, 2.05) is 0 Å². The number of carbonyl (C=O) groups is 1. The third-order valence-electron chi connectivity index (χ3n) is 5.11. The number of carbonyl (C=O) groups excluding carboxylic acids is 1. The Morgan fingerprint density at radius 2 is 1.91 bits per heavy atom. The van der Waals surface area contributed by atoms with E-state index >= 15 is 0 Å². The minimum absolute atomic E-state index is 0.0750. The minimum Gasteiger partial charge on any atom is -0.434 e. The molecule has 0 radical (unpaired) electrons. The van der Waals surface area contributed by atoms with Crippen LogP contribution < -0.4 is 20.7 Å². The summed E-state index contributed by atoms with van der Waals surface area (Å²) < 4.78 is 35.2. The summed E-state index contributed by atoms with van der Waals surface area (Å²) in [6.45, 7) is -1.48. The van der Waals surface area contributed by atoms with Crippen LogP contribution in [0.2, 0.25) is 0 Å². The van der Waals surface area contributed by atoms with Gasteiger partial charge < -0.3 is 25.4 Å². The van der Waals surface area contributed by atoms with Gasteiger partial charge in [-0.25, -0.2) is 9.97 Å². The third kappa shape index (κ3) is 5.53. The lowest BCUT2D eigenvalue weighted by Gasteiger charge is -2.26. The number of amides is 1. The van der Waals surface area contributed by atoms with E-state index in [2.05, 4.69) is 30.7 Å². The Bertz CT molecular complexity index is 1110. The number of ether oxygens (including phenoxy) is 2. The Morgan fingerprint density at radius 3 is 2.58 bits per heavy atom. The van der Waals surface area contributed by atoms with Crippen molar-refractivity contribution in [3.63, 3.8) is 0 Å². The van der Waals surface area contributed by atoms with E-state index in [9.17, 15) is 13.6 Å². The molecule has 1 aliphatic heterocycles. The van der Waals surface area contributed by atoms with Gasteiger partial charge in [0, 0.05) is 42.8 Å². The molecule has 33 heavy (non-hydrogen) atoms. The van der Waals surface area contributed by atoms with Crippen LogP contribution in [-0.2, 0) is 11.3 Å². The van der Waals surface area contributed by atoms with Crippen LogP contribution >= 0.6 is 0 Å². The molecule has 0 aliphatic carbocycles. The Labute approximate surface area is 189 Å². The van der Waals surface area contributed by atoms with Crippen molar-refractivity contribution in [1.29, 1.82) is 0 Å². The summed E-state index contributed by atoms with van der Waals surface area (Å²) in [6.07, 6.45) is 3.39. The summed E-state index contributed by atoms with van der Waals surface area (Å²) in [7, 11) is 1.54. The smallest absolute Gasteiger partial charge is 0.387 e. The van der Waals surface area contributed by atoms with Crippen LogP contribution in [0.15, 0.2) is 54.9 Å². The maximum absolute atomic E-state index is 12.7. The number of alkyl halides is 2. The number of nitrogens with zero attached hydrogens (tertiary/aromatic N) is 2. The second kappa shape index (κ2) is 10.2. The maximum atomic E-state index is 12.7. The van der Waals surface area contributed by atoms with E-state index in [-0.39, 0.29) is 24.2 Å². The van der Waals surface area contributed by atoms with Gasteiger partial charge in [-0.15, -0.1) is 0 Å². The minimum atomic E-state index is -2.93. The summed E-state index contributed by atoms with van der Waals surface area (Å²) in [4.78, 5) is 21.1. The van der Waals surface area contributed by atoms with E-state index < -0.39 is 6.61 Å². The Morgan fingerprint density at radius 1 is 1.15 bits per heavy atom. The zero-order valence-corrected chi connectivity index (χ0v) is 17.8. The highest BCUT2D eigenvalue weighted by Gasteiger charge is 2.19. The summed E-state index contributed by atoms with van der Waals surface area (Å²) in [6, 6.07) is 12.0. The van der Waals surface area contributed by atoms with Crippen molar-refractivity contribution in [3.8, 4) is 16.9 Å². The molecule has 3 aromatic rings. The molecule has 10 heteroatoms. The number of aromatic nitrogens is 2. The third-order valence-corrected chi connectivity index (χ3v) is 5.11. The van der Waals surface area contributed by atoms with Crippen LogP contribution in [0.5, 0.6) is 5.75 Å². The lowest BCUT2D eigenvalue weighted by atomic mass is 10.0. The van der Waals surface area contributed by atoms with Gasteiger partial charge in [-0.05, 0) is 23.8 Å². The Kier molecular flexibility index (Phi) is 6.94. The average molecular weight is 455 g/mol.